The summed E-state index contributed by atoms with van der Waals surface area (Å²) in [5, 5.41) is 19.9. The molecule has 0 saturated carbocycles. The number of rotatable bonds is 4. The molecule has 2 heterocycles. The Bertz CT molecular complexity index is 602. The first-order valence-corrected chi connectivity index (χ1v) is 8.11. The lowest BCUT2D eigenvalue weighted by Gasteiger charge is -2.12. The number of hydrogen-bond acceptors (Lipinski definition) is 6. The molecule has 1 amide bonds. The minimum Gasteiger partial charge on any atom is -0.384 e. The van der Waals surface area contributed by atoms with Crippen LogP contribution < -0.4 is 5.32 Å². The van der Waals surface area contributed by atoms with Gasteiger partial charge in [0.15, 0.2) is 9.84 Å². The van der Waals surface area contributed by atoms with Gasteiger partial charge in [0, 0.05) is 6.04 Å². The molecule has 0 bridgehead atoms. The number of nitrogens with zero attached hydrogens (tertiary/aromatic N) is 3. The third-order valence-electron chi connectivity index (χ3n) is 3.07. The average molecular weight is 302 g/mol. The van der Waals surface area contributed by atoms with Gasteiger partial charge in [-0.05, 0) is 20.3 Å². The van der Waals surface area contributed by atoms with Gasteiger partial charge < -0.3 is 10.4 Å². The van der Waals surface area contributed by atoms with E-state index in [1.807, 2.05) is 0 Å². The first-order chi connectivity index (χ1) is 9.16. The zero-order chi connectivity index (χ0) is 15.0. The van der Waals surface area contributed by atoms with Crippen molar-refractivity contribution < 1.29 is 18.3 Å². The first kappa shape index (κ1) is 14.9. The number of sulfone groups is 1. The highest BCUT2D eigenvalue weighted by Gasteiger charge is 2.29. The molecule has 8 nitrogen and oxygen atoms in total. The van der Waals surface area contributed by atoms with Crippen molar-refractivity contribution in [3.63, 3.8) is 0 Å². The van der Waals surface area contributed by atoms with Crippen LogP contribution in [0.2, 0.25) is 0 Å². The van der Waals surface area contributed by atoms with Gasteiger partial charge >= 0.3 is 0 Å². The predicted octanol–water partition coefficient (Wildman–Crippen LogP) is -1.19. The highest BCUT2D eigenvalue weighted by atomic mass is 32.2. The molecule has 0 radical (unpaired) electrons. The summed E-state index contributed by atoms with van der Waals surface area (Å²) in [6.45, 7) is 3.09. The van der Waals surface area contributed by atoms with E-state index in [9.17, 15) is 18.3 Å². The molecule has 1 fully saturated rings. The molecule has 1 aromatic rings. The molecule has 9 heteroatoms. The number of nitrogens with one attached hydrogen (secondary N) is 1. The maximum atomic E-state index is 11.8. The minimum absolute atomic E-state index is 0.00891. The molecule has 0 aromatic carbocycles. The molecule has 2 N–H and O–H groups in total. The standard InChI is InChI=1S/C11H18N4O4S/c1-11(2,17)9-5-15(14-13-9)6-10(16)12-8-3-4-20(18,19)7-8/h5,8,17H,3-4,6-7H2,1-2H3,(H,12,16). The largest absolute Gasteiger partial charge is 0.384 e. The van der Waals surface area contributed by atoms with Crippen molar-refractivity contribution in [1.82, 2.24) is 20.3 Å². The van der Waals surface area contributed by atoms with Crippen LogP contribution in [0.15, 0.2) is 6.20 Å². The number of aliphatic hydroxyl groups is 1. The third-order valence-corrected chi connectivity index (χ3v) is 4.84. The Hall–Kier alpha value is -1.48. The molecule has 112 valence electrons. The van der Waals surface area contributed by atoms with E-state index in [1.54, 1.807) is 13.8 Å². The van der Waals surface area contributed by atoms with Crippen LogP contribution in [-0.2, 0) is 26.8 Å². The van der Waals surface area contributed by atoms with E-state index < -0.39 is 15.4 Å². The summed E-state index contributed by atoms with van der Waals surface area (Å²) in [5.74, 6) is -0.214. The second-order valence-electron chi connectivity index (χ2n) is 5.53. The van der Waals surface area contributed by atoms with Crippen molar-refractivity contribution >= 4 is 15.7 Å². The molecule has 20 heavy (non-hydrogen) atoms. The van der Waals surface area contributed by atoms with E-state index in [1.165, 1.54) is 10.9 Å². The lowest BCUT2D eigenvalue weighted by atomic mass is 10.1. The van der Waals surface area contributed by atoms with E-state index in [0.29, 0.717) is 12.1 Å². The molecule has 0 spiro atoms. The predicted molar refractivity (Wildman–Crippen MR) is 70.5 cm³/mol. The van der Waals surface area contributed by atoms with Gasteiger partial charge in [0.25, 0.3) is 0 Å². The Morgan fingerprint density at radius 3 is 2.80 bits per heavy atom. The molecular weight excluding hydrogens is 284 g/mol. The summed E-state index contributed by atoms with van der Waals surface area (Å²) in [5.41, 5.74) is -0.748. The summed E-state index contributed by atoms with van der Waals surface area (Å²) in [4.78, 5) is 11.8. The first-order valence-electron chi connectivity index (χ1n) is 6.28. The number of carbonyl (C=O) groups excluding carboxylic acids is 1. The number of amides is 1. The van der Waals surface area contributed by atoms with E-state index in [2.05, 4.69) is 15.6 Å². The van der Waals surface area contributed by atoms with E-state index in [0.717, 1.165) is 0 Å². The van der Waals surface area contributed by atoms with Crippen molar-refractivity contribution in [2.45, 2.75) is 38.5 Å². The molecule has 1 aliphatic heterocycles. The fourth-order valence-electron chi connectivity index (χ4n) is 1.99. The lowest BCUT2D eigenvalue weighted by molar-refractivity contribution is -0.122. The molecule has 1 saturated heterocycles. The topological polar surface area (TPSA) is 114 Å². The molecule has 1 atom stereocenters. The summed E-state index contributed by atoms with van der Waals surface area (Å²) in [6, 6.07) is -0.329. The minimum atomic E-state index is -3.01. The van der Waals surface area contributed by atoms with Crippen LogP contribution in [0.25, 0.3) is 0 Å². The van der Waals surface area contributed by atoms with Crippen LogP contribution in [0.1, 0.15) is 26.0 Å². The Kier molecular flexibility index (Phi) is 3.83. The van der Waals surface area contributed by atoms with Crippen molar-refractivity contribution in [3.8, 4) is 0 Å². The second-order valence-corrected chi connectivity index (χ2v) is 7.76. The van der Waals surface area contributed by atoms with Gasteiger partial charge in [-0.25, -0.2) is 13.1 Å². The van der Waals surface area contributed by atoms with Crippen LogP contribution in [0.5, 0.6) is 0 Å². The quantitative estimate of drug-likeness (QED) is 0.723. The van der Waals surface area contributed by atoms with Crippen LogP contribution in [0, 0.1) is 0 Å². The zero-order valence-electron chi connectivity index (χ0n) is 11.4. The van der Waals surface area contributed by atoms with Crippen molar-refractivity contribution in [2.75, 3.05) is 11.5 Å². The number of aromatic nitrogens is 3. The summed E-state index contributed by atoms with van der Waals surface area (Å²) in [6.07, 6.45) is 1.94. The van der Waals surface area contributed by atoms with Crippen LogP contribution >= 0.6 is 0 Å². The molecule has 1 unspecified atom stereocenters. The maximum absolute atomic E-state index is 11.8. The van der Waals surface area contributed by atoms with Gasteiger partial charge in [0.05, 0.1) is 17.7 Å². The van der Waals surface area contributed by atoms with Gasteiger partial charge in [-0.15, -0.1) is 5.10 Å². The highest BCUT2D eigenvalue weighted by Crippen LogP contribution is 2.15. The number of carbonyl (C=O) groups is 1. The monoisotopic (exact) mass is 302 g/mol. The molecular formula is C11H18N4O4S. The van der Waals surface area contributed by atoms with Crippen LogP contribution in [-0.4, -0.2) is 52.0 Å². The van der Waals surface area contributed by atoms with Gasteiger partial charge in [0.1, 0.15) is 17.8 Å². The van der Waals surface area contributed by atoms with Gasteiger partial charge in [-0.3, -0.25) is 4.79 Å². The van der Waals surface area contributed by atoms with E-state index >= 15 is 0 Å². The molecule has 1 aliphatic rings. The Morgan fingerprint density at radius 2 is 2.30 bits per heavy atom. The SMILES string of the molecule is CC(C)(O)c1cn(CC(=O)NC2CCS(=O)(=O)C2)nn1. The highest BCUT2D eigenvalue weighted by molar-refractivity contribution is 7.91. The van der Waals surface area contributed by atoms with Gasteiger partial charge in [-0.1, -0.05) is 5.21 Å². The average Bonchev–Trinajstić information content (AvgIpc) is 2.84. The lowest BCUT2D eigenvalue weighted by Crippen LogP contribution is -2.37. The van der Waals surface area contributed by atoms with E-state index in [4.69, 9.17) is 0 Å². The Morgan fingerprint density at radius 1 is 1.60 bits per heavy atom. The fourth-order valence-corrected chi connectivity index (χ4v) is 3.66. The smallest absolute Gasteiger partial charge is 0.242 e. The second kappa shape index (κ2) is 5.13. The third kappa shape index (κ3) is 3.76. The summed E-state index contributed by atoms with van der Waals surface area (Å²) < 4.78 is 23.9. The van der Waals surface area contributed by atoms with Crippen LogP contribution in [0.4, 0.5) is 0 Å². The zero-order valence-corrected chi connectivity index (χ0v) is 12.2. The Labute approximate surface area is 117 Å². The van der Waals surface area contributed by atoms with Gasteiger partial charge in [0.2, 0.25) is 5.91 Å². The molecule has 2 rings (SSSR count). The van der Waals surface area contributed by atoms with E-state index in [-0.39, 0.29) is 30.0 Å². The van der Waals surface area contributed by atoms with Crippen molar-refractivity contribution in [2.24, 2.45) is 0 Å². The van der Waals surface area contributed by atoms with Gasteiger partial charge in [-0.2, -0.15) is 0 Å². The Balaban J connectivity index is 1.91. The normalized spacial score (nSPS) is 21.9. The van der Waals surface area contributed by atoms with Crippen LogP contribution in [0.3, 0.4) is 0 Å². The molecule has 0 aliphatic carbocycles. The fraction of sp³-hybridized carbons (Fsp3) is 0.727. The van der Waals surface area contributed by atoms with Crippen molar-refractivity contribution in [3.05, 3.63) is 11.9 Å². The molecule has 1 aromatic heterocycles. The van der Waals surface area contributed by atoms with Crippen molar-refractivity contribution in [1.29, 1.82) is 0 Å². The number of hydrogen-bond donors (Lipinski definition) is 2. The summed E-state index contributed by atoms with van der Waals surface area (Å²) in [7, 11) is -3.01. The summed E-state index contributed by atoms with van der Waals surface area (Å²) >= 11 is 0. The maximum Gasteiger partial charge on any atom is 0.242 e.